The molecule has 0 rings (SSSR count). The van der Waals surface area contributed by atoms with Gasteiger partial charge in [-0.15, -0.1) is 0 Å². The Hall–Kier alpha value is -0.710. The van der Waals surface area contributed by atoms with Crippen LogP contribution in [-0.2, 0) is 9.59 Å². The number of thioether (sulfide) groups is 1. The van der Waals surface area contributed by atoms with Crippen LogP contribution in [0.25, 0.3) is 0 Å². The van der Waals surface area contributed by atoms with E-state index in [4.69, 9.17) is 5.11 Å². The predicted molar refractivity (Wildman–Crippen MR) is 48.2 cm³/mol. The number of hydrogen-bond donors (Lipinski definition) is 2. The first-order valence-corrected chi connectivity index (χ1v) is 4.83. The molecule has 0 aliphatic carbocycles. The quantitative estimate of drug-likeness (QED) is 0.672. The van der Waals surface area contributed by atoms with Gasteiger partial charge >= 0.3 is 5.97 Å². The maximum absolute atomic E-state index is 11.1. The molecule has 2 N–H and O–H groups in total. The van der Waals surface area contributed by atoms with Crippen LogP contribution in [0.15, 0.2) is 0 Å². The van der Waals surface area contributed by atoms with Crippen molar-refractivity contribution in [3.63, 3.8) is 0 Å². The number of carboxylic acid groups (broad SMARTS) is 1. The molecule has 0 saturated carbocycles. The molecular formula is C7H13NO3S. The summed E-state index contributed by atoms with van der Waals surface area (Å²) in [6.45, 7) is 3.17. The minimum Gasteiger partial charge on any atom is -0.480 e. The standard InChI is InChI=1S/C7H13NO3S/c1-4(7(10)11)8-6(9)5(2)12-3/h4-5H,1-3H3,(H,8,9)(H,10,11)/t4-,5?/m1/s1. The fraction of sp³-hybridized carbons (Fsp3) is 0.714. The van der Waals surface area contributed by atoms with Gasteiger partial charge in [-0.05, 0) is 20.1 Å². The van der Waals surface area contributed by atoms with Gasteiger partial charge in [-0.2, -0.15) is 11.8 Å². The summed E-state index contributed by atoms with van der Waals surface area (Å²) >= 11 is 1.38. The third-order valence-electron chi connectivity index (χ3n) is 1.45. The first kappa shape index (κ1) is 11.3. The second kappa shape index (κ2) is 5.03. The molecule has 4 nitrogen and oxygen atoms in total. The Morgan fingerprint density at radius 2 is 1.92 bits per heavy atom. The van der Waals surface area contributed by atoms with E-state index in [1.807, 2.05) is 0 Å². The Balaban J connectivity index is 3.92. The third-order valence-corrected chi connectivity index (χ3v) is 2.37. The van der Waals surface area contributed by atoms with Crippen LogP contribution in [-0.4, -0.2) is 34.5 Å². The summed E-state index contributed by atoms with van der Waals surface area (Å²) in [7, 11) is 0. The normalized spacial score (nSPS) is 14.9. The van der Waals surface area contributed by atoms with Gasteiger partial charge in [0.25, 0.3) is 0 Å². The summed E-state index contributed by atoms with van der Waals surface area (Å²) in [6, 6.07) is -0.813. The zero-order valence-corrected chi connectivity index (χ0v) is 8.14. The Morgan fingerprint density at radius 1 is 1.42 bits per heavy atom. The van der Waals surface area contributed by atoms with Crippen LogP contribution in [0.5, 0.6) is 0 Å². The Kier molecular flexibility index (Phi) is 4.73. The molecule has 0 aromatic heterocycles. The van der Waals surface area contributed by atoms with Gasteiger partial charge in [-0.25, -0.2) is 0 Å². The first-order chi connectivity index (χ1) is 5.49. The summed E-state index contributed by atoms with van der Waals surface area (Å²) in [5.41, 5.74) is 0. The molecule has 0 aliphatic rings. The van der Waals surface area contributed by atoms with Crippen molar-refractivity contribution in [2.75, 3.05) is 6.26 Å². The van der Waals surface area contributed by atoms with Crippen LogP contribution in [0, 0.1) is 0 Å². The van der Waals surface area contributed by atoms with Gasteiger partial charge in [-0.1, -0.05) is 0 Å². The van der Waals surface area contributed by atoms with Gasteiger partial charge in [0.2, 0.25) is 5.91 Å². The van der Waals surface area contributed by atoms with Crippen molar-refractivity contribution in [2.45, 2.75) is 25.1 Å². The lowest BCUT2D eigenvalue weighted by atomic mass is 10.3. The summed E-state index contributed by atoms with van der Waals surface area (Å²) in [4.78, 5) is 21.4. The highest BCUT2D eigenvalue weighted by atomic mass is 32.2. The number of rotatable bonds is 4. The molecule has 1 amide bonds. The molecule has 70 valence electrons. The molecule has 0 saturated heterocycles. The minimum atomic E-state index is -1.02. The Bertz CT molecular complexity index is 183. The number of carboxylic acids is 1. The molecule has 0 fully saturated rings. The number of carbonyl (C=O) groups is 2. The topological polar surface area (TPSA) is 66.4 Å². The summed E-state index contributed by atoms with van der Waals surface area (Å²) in [6.07, 6.45) is 1.80. The molecule has 5 heteroatoms. The van der Waals surface area contributed by atoms with Crippen LogP contribution in [0.3, 0.4) is 0 Å². The lowest BCUT2D eigenvalue weighted by Crippen LogP contribution is -2.41. The van der Waals surface area contributed by atoms with E-state index in [-0.39, 0.29) is 11.2 Å². The van der Waals surface area contributed by atoms with Crippen molar-refractivity contribution in [3.05, 3.63) is 0 Å². The largest absolute Gasteiger partial charge is 0.480 e. The number of nitrogens with one attached hydrogen (secondary N) is 1. The third kappa shape index (κ3) is 3.61. The van der Waals surface area contributed by atoms with Crippen molar-refractivity contribution >= 4 is 23.6 Å². The summed E-state index contributed by atoms with van der Waals surface area (Å²) in [5.74, 6) is -1.26. The highest BCUT2D eigenvalue weighted by Gasteiger charge is 2.17. The maximum atomic E-state index is 11.1. The molecule has 12 heavy (non-hydrogen) atoms. The molecular weight excluding hydrogens is 178 g/mol. The average molecular weight is 191 g/mol. The van der Waals surface area contributed by atoms with Gasteiger partial charge in [-0.3, -0.25) is 9.59 Å². The second-order valence-electron chi connectivity index (χ2n) is 2.45. The van der Waals surface area contributed by atoms with E-state index in [1.54, 1.807) is 13.2 Å². The van der Waals surface area contributed by atoms with Crippen LogP contribution in [0.1, 0.15) is 13.8 Å². The van der Waals surface area contributed by atoms with Gasteiger partial charge in [0.05, 0.1) is 5.25 Å². The van der Waals surface area contributed by atoms with Crippen LogP contribution in [0.2, 0.25) is 0 Å². The minimum absolute atomic E-state index is 0.202. The number of amides is 1. The summed E-state index contributed by atoms with van der Waals surface area (Å²) < 4.78 is 0. The van der Waals surface area contributed by atoms with E-state index >= 15 is 0 Å². The smallest absolute Gasteiger partial charge is 0.325 e. The molecule has 0 aromatic rings. The molecule has 2 atom stereocenters. The van der Waals surface area contributed by atoms with Crippen LogP contribution >= 0.6 is 11.8 Å². The number of hydrogen-bond acceptors (Lipinski definition) is 3. The van der Waals surface area contributed by atoms with E-state index in [0.717, 1.165) is 0 Å². The molecule has 0 radical (unpaired) electrons. The van der Waals surface area contributed by atoms with E-state index in [9.17, 15) is 9.59 Å². The first-order valence-electron chi connectivity index (χ1n) is 3.55. The lowest BCUT2D eigenvalue weighted by molar-refractivity contribution is -0.141. The van der Waals surface area contributed by atoms with Crippen molar-refractivity contribution in [3.8, 4) is 0 Å². The van der Waals surface area contributed by atoms with Crippen LogP contribution < -0.4 is 5.32 Å². The summed E-state index contributed by atoms with van der Waals surface area (Å²) in [5, 5.41) is 10.6. The molecule has 1 unspecified atom stereocenters. The van der Waals surface area contributed by atoms with Crippen molar-refractivity contribution in [1.29, 1.82) is 0 Å². The highest BCUT2D eigenvalue weighted by Crippen LogP contribution is 2.04. The molecule has 0 heterocycles. The van der Waals surface area contributed by atoms with Crippen molar-refractivity contribution < 1.29 is 14.7 Å². The maximum Gasteiger partial charge on any atom is 0.325 e. The Labute approximate surface area is 75.7 Å². The second-order valence-corrected chi connectivity index (χ2v) is 3.62. The van der Waals surface area contributed by atoms with E-state index in [1.165, 1.54) is 18.7 Å². The average Bonchev–Trinajstić information content (AvgIpc) is 2.02. The van der Waals surface area contributed by atoms with Gasteiger partial charge in [0, 0.05) is 0 Å². The lowest BCUT2D eigenvalue weighted by Gasteiger charge is -2.12. The fourth-order valence-electron chi connectivity index (χ4n) is 0.500. The van der Waals surface area contributed by atoms with E-state index < -0.39 is 12.0 Å². The van der Waals surface area contributed by atoms with Crippen molar-refractivity contribution in [2.24, 2.45) is 0 Å². The van der Waals surface area contributed by atoms with Gasteiger partial charge in [0.15, 0.2) is 0 Å². The molecule has 0 bridgehead atoms. The van der Waals surface area contributed by atoms with Gasteiger partial charge in [0.1, 0.15) is 6.04 Å². The van der Waals surface area contributed by atoms with E-state index in [2.05, 4.69) is 5.32 Å². The number of aliphatic carboxylic acids is 1. The SMILES string of the molecule is CSC(C)C(=O)N[C@H](C)C(=O)O. The predicted octanol–water partition coefficient (Wildman–Crippen LogP) is 0.327. The van der Waals surface area contributed by atoms with Crippen molar-refractivity contribution in [1.82, 2.24) is 5.32 Å². The molecule has 0 aromatic carbocycles. The fourth-order valence-corrected chi connectivity index (χ4v) is 0.782. The Morgan fingerprint density at radius 3 is 2.25 bits per heavy atom. The molecule has 0 aliphatic heterocycles. The molecule has 0 spiro atoms. The zero-order chi connectivity index (χ0) is 9.72. The van der Waals surface area contributed by atoms with Crippen LogP contribution in [0.4, 0.5) is 0 Å². The zero-order valence-electron chi connectivity index (χ0n) is 7.33. The van der Waals surface area contributed by atoms with E-state index in [0.29, 0.717) is 0 Å². The van der Waals surface area contributed by atoms with Gasteiger partial charge < -0.3 is 10.4 Å². The highest BCUT2D eigenvalue weighted by molar-refractivity contribution is 7.99. The monoisotopic (exact) mass is 191 g/mol. The number of carbonyl (C=O) groups excluding carboxylic acids is 1.